The first kappa shape index (κ1) is 18.8. The molecule has 0 heterocycles. The maximum atomic E-state index is 10.2. The van der Waals surface area contributed by atoms with Crippen LogP contribution in [0.5, 0.6) is 34.5 Å². The van der Waals surface area contributed by atoms with Gasteiger partial charge in [0.25, 0.3) is 0 Å². The number of hydrogen-bond acceptors (Lipinski definition) is 5. The highest BCUT2D eigenvalue weighted by Gasteiger charge is 2.25. The molecule has 0 saturated heterocycles. The Hall–Kier alpha value is -2.56. The van der Waals surface area contributed by atoms with Crippen LogP contribution in [0.2, 0.25) is 0 Å². The summed E-state index contributed by atoms with van der Waals surface area (Å²) in [7, 11) is 0. The fourth-order valence-corrected chi connectivity index (χ4v) is 2.67. The van der Waals surface area contributed by atoms with E-state index < -0.39 is 5.41 Å². The molecule has 0 saturated carbocycles. The second-order valence-corrected chi connectivity index (χ2v) is 8.28. The second kappa shape index (κ2) is 6.06. The Kier molecular flexibility index (Phi) is 4.55. The van der Waals surface area contributed by atoms with E-state index in [0.717, 1.165) is 5.56 Å². The fraction of sp³-hybridized carbons (Fsp3) is 0.400. The molecule has 0 aliphatic rings. The predicted molar refractivity (Wildman–Crippen MR) is 97.0 cm³/mol. The smallest absolute Gasteiger partial charge is 0.210 e. The number of ether oxygens (including phenoxy) is 1. The van der Waals surface area contributed by atoms with Crippen molar-refractivity contribution in [2.24, 2.45) is 0 Å². The molecule has 25 heavy (non-hydrogen) atoms. The minimum atomic E-state index is -0.453. The highest BCUT2D eigenvalue weighted by atomic mass is 16.5. The number of hydrogen-bond donors (Lipinski definition) is 4. The molecule has 2 aromatic rings. The maximum absolute atomic E-state index is 10.2. The summed E-state index contributed by atoms with van der Waals surface area (Å²) < 4.78 is 5.52. The molecule has 5 heteroatoms. The van der Waals surface area contributed by atoms with E-state index in [9.17, 15) is 20.4 Å². The summed E-state index contributed by atoms with van der Waals surface area (Å²) in [4.78, 5) is 0. The van der Waals surface area contributed by atoms with E-state index in [0.29, 0.717) is 5.56 Å². The van der Waals surface area contributed by atoms with Crippen molar-refractivity contribution in [3.8, 4) is 34.5 Å². The van der Waals surface area contributed by atoms with Crippen LogP contribution in [-0.4, -0.2) is 20.4 Å². The van der Waals surface area contributed by atoms with Crippen LogP contribution in [0.1, 0.15) is 52.7 Å². The summed E-state index contributed by atoms with van der Waals surface area (Å²) >= 11 is 0. The Bertz CT molecular complexity index is 749. The van der Waals surface area contributed by atoms with Gasteiger partial charge in [-0.1, -0.05) is 41.5 Å². The summed E-state index contributed by atoms with van der Waals surface area (Å²) in [6.45, 7) is 11.5. The van der Waals surface area contributed by atoms with Crippen LogP contribution in [0.4, 0.5) is 0 Å². The summed E-state index contributed by atoms with van der Waals surface area (Å²) in [5.74, 6) is -0.694. The third kappa shape index (κ3) is 3.92. The zero-order valence-corrected chi connectivity index (χ0v) is 15.5. The van der Waals surface area contributed by atoms with Gasteiger partial charge in [-0.2, -0.15) is 0 Å². The van der Waals surface area contributed by atoms with Gasteiger partial charge in [0.2, 0.25) is 5.75 Å². The van der Waals surface area contributed by atoms with Crippen LogP contribution in [0.3, 0.4) is 0 Å². The van der Waals surface area contributed by atoms with Crippen LogP contribution >= 0.6 is 0 Å². The van der Waals surface area contributed by atoms with Crippen molar-refractivity contribution in [1.29, 1.82) is 0 Å². The van der Waals surface area contributed by atoms with E-state index in [4.69, 9.17) is 4.74 Å². The van der Waals surface area contributed by atoms with Crippen molar-refractivity contribution < 1.29 is 25.2 Å². The first-order valence-corrected chi connectivity index (χ1v) is 8.11. The highest BCUT2D eigenvalue weighted by molar-refractivity contribution is 5.58. The van der Waals surface area contributed by atoms with E-state index in [1.807, 2.05) is 41.5 Å². The number of phenolic OH excluding ortho intramolecular Hbond substituents is 4. The summed E-state index contributed by atoms with van der Waals surface area (Å²) in [5, 5.41) is 40.8. The molecule has 0 aliphatic heterocycles. The molecule has 4 N–H and O–H groups in total. The van der Waals surface area contributed by atoms with E-state index >= 15 is 0 Å². The molecule has 0 spiro atoms. The van der Waals surface area contributed by atoms with Crippen LogP contribution in [0.15, 0.2) is 24.3 Å². The minimum Gasteiger partial charge on any atom is -0.507 e. The molecule has 5 nitrogen and oxygen atoms in total. The molecule has 0 bridgehead atoms. The van der Waals surface area contributed by atoms with Crippen molar-refractivity contribution >= 4 is 0 Å². The third-order valence-corrected chi connectivity index (χ3v) is 3.96. The molecule has 0 fully saturated rings. The molecule has 0 aromatic heterocycles. The molecule has 0 aliphatic carbocycles. The van der Waals surface area contributed by atoms with Gasteiger partial charge in [-0.25, -0.2) is 0 Å². The van der Waals surface area contributed by atoms with Gasteiger partial charge in [-0.15, -0.1) is 0 Å². The first-order chi connectivity index (χ1) is 11.3. The van der Waals surface area contributed by atoms with Crippen molar-refractivity contribution in [2.75, 3.05) is 0 Å². The normalized spacial score (nSPS) is 12.2. The van der Waals surface area contributed by atoms with Gasteiger partial charge in [-0.3, -0.25) is 0 Å². The molecule has 0 unspecified atom stereocenters. The predicted octanol–water partition coefficient (Wildman–Crippen LogP) is 4.90. The Morgan fingerprint density at radius 1 is 0.640 bits per heavy atom. The topological polar surface area (TPSA) is 90.2 Å². The SMILES string of the molecule is CC(C)(C)c1cc(O)c(Oc2cc(O)c(C(C)(C)C)c(O)c2)c(O)c1. The summed E-state index contributed by atoms with van der Waals surface area (Å²) in [5.41, 5.74) is 0.448. The zero-order chi connectivity index (χ0) is 19.2. The van der Waals surface area contributed by atoms with Gasteiger partial charge in [0, 0.05) is 17.7 Å². The fourth-order valence-electron chi connectivity index (χ4n) is 2.67. The van der Waals surface area contributed by atoms with E-state index in [1.54, 1.807) is 0 Å². The van der Waals surface area contributed by atoms with E-state index in [-0.39, 0.29) is 39.9 Å². The minimum absolute atomic E-state index is 0.108. The lowest BCUT2D eigenvalue weighted by Gasteiger charge is -2.23. The lowest BCUT2D eigenvalue weighted by Crippen LogP contribution is -2.11. The largest absolute Gasteiger partial charge is 0.507 e. The van der Waals surface area contributed by atoms with E-state index in [2.05, 4.69) is 0 Å². The molecule has 136 valence electrons. The average Bonchev–Trinajstić information content (AvgIpc) is 2.39. The van der Waals surface area contributed by atoms with Crippen molar-refractivity contribution in [2.45, 2.75) is 52.4 Å². The van der Waals surface area contributed by atoms with Gasteiger partial charge in [0.05, 0.1) is 0 Å². The van der Waals surface area contributed by atoms with Crippen LogP contribution in [0, 0.1) is 0 Å². The monoisotopic (exact) mass is 346 g/mol. The Morgan fingerprint density at radius 3 is 1.44 bits per heavy atom. The number of phenols is 4. The standard InChI is InChI=1S/C20H26O5/c1-19(2,3)11-7-15(23)18(16(24)8-11)25-12-9-13(21)17(14(22)10-12)20(4,5)6/h7-10,21-24H,1-6H3. The van der Waals surface area contributed by atoms with Crippen molar-refractivity contribution in [3.63, 3.8) is 0 Å². The molecule has 2 rings (SSSR count). The van der Waals surface area contributed by atoms with Gasteiger partial charge < -0.3 is 25.2 Å². The summed E-state index contributed by atoms with van der Waals surface area (Å²) in [6.07, 6.45) is 0. The lowest BCUT2D eigenvalue weighted by atomic mass is 9.85. The molecule has 0 radical (unpaired) electrons. The molecule has 2 aromatic carbocycles. The van der Waals surface area contributed by atoms with Gasteiger partial charge in [0.15, 0.2) is 11.5 Å². The average molecular weight is 346 g/mol. The Morgan fingerprint density at radius 2 is 1.08 bits per heavy atom. The third-order valence-electron chi connectivity index (χ3n) is 3.96. The van der Waals surface area contributed by atoms with Crippen molar-refractivity contribution in [1.82, 2.24) is 0 Å². The van der Waals surface area contributed by atoms with Gasteiger partial charge >= 0.3 is 0 Å². The highest BCUT2D eigenvalue weighted by Crippen LogP contribution is 2.46. The number of benzene rings is 2. The van der Waals surface area contributed by atoms with Crippen LogP contribution in [0.25, 0.3) is 0 Å². The van der Waals surface area contributed by atoms with E-state index in [1.165, 1.54) is 24.3 Å². The second-order valence-electron chi connectivity index (χ2n) is 8.28. The number of rotatable bonds is 2. The molecule has 0 atom stereocenters. The number of aromatic hydroxyl groups is 4. The maximum Gasteiger partial charge on any atom is 0.210 e. The first-order valence-electron chi connectivity index (χ1n) is 8.11. The lowest BCUT2D eigenvalue weighted by molar-refractivity contribution is 0.365. The Balaban J connectivity index is 2.45. The molecular weight excluding hydrogens is 320 g/mol. The van der Waals surface area contributed by atoms with Gasteiger partial charge in [-0.05, 0) is 28.5 Å². The molecule has 0 amide bonds. The molecular formula is C20H26O5. The quantitative estimate of drug-likeness (QED) is 0.621. The Labute approximate surface area is 148 Å². The van der Waals surface area contributed by atoms with Crippen LogP contribution < -0.4 is 4.74 Å². The van der Waals surface area contributed by atoms with Gasteiger partial charge in [0.1, 0.15) is 17.2 Å². The summed E-state index contributed by atoms with van der Waals surface area (Å²) in [6, 6.07) is 5.74. The van der Waals surface area contributed by atoms with Crippen molar-refractivity contribution in [3.05, 3.63) is 35.4 Å². The van der Waals surface area contributed by atoms with Crippen LogP contribution in [-0.2, 0) is 10.8 Å². The zero-order valence-electron chi connectivity index (χ0n) is 15.5.